The maximum atomic E-state index is 10.9. The molecule has 8 heteroatoms. The van der Waals surface area contributed by atoms with Gasteiger partial charge in [0.2, 0.25) is 0 Å². The third-order valence-electron chi connectivity index (χ3n) is 2.16. The Morgan fingerprint density at radius 2 is 2.00 bits per heavy atom. The Labute approximate surface area is 113 Å². The predicted octanol–water partition coefficient (Wildman–Crippen LogP) is 1.32. The molecule has 8 nitrogen and oxygen atoms in total. The molecule has 20 heavy (non-hydrogen) atoms. The third-order valence-corrected chi connectivity index (χ3v) is 2.16. The largest absolute Gasteiger partial charge is 0.493 e. The number of hydrogen-bond acceptors (Lipinski definition) is 6. The van der Waals surface area contributed by atoms with Crippen molar-refractivity contribution in [3.05, 3.63) is 39.6 Å². The summed E-state index contributed by atoms with van der Waals surface area (Å²) in [5, 5.41) is 19.3. The second-order valence-corrected chi connectivity index (χ2v) is 3.60. The fourth-order valence-electron chi connectivity index (χ4n) is 1.36. The molecule has 0 saturated heterocycles. The van der Waals surface area contributed by atoms with Gasteiger partial charge in [0.25, 0.3) is 0 Å². The normalized spacial score (nSPS) is 10.8. The van der Waals surface area contributed by atoms with E-state index in [4.69, 9.17) is 14.6 Å². The van der Waals surface area contributed by atoms with Crippen LogP contribution in [0.15, 0.2) is 23.9 Å². The maximum Gasteiger partial charge on any atom is 0.407 e. The molecule has 1 N–H and O–H groups in total. The number of aliphatic carboxylic acids is 1. The van der Waals surface area contributed by atoms with E-state index in [1.165, 1.54) is 32.2 Å². The lowest BCUT2D eigenvalue weighted by Crippen LogP contribution is -2.09. The van der Waals surface area contributed by atoms with Crippen molar-refractivity contribution in [2.24, 2.45) is 0 Å². The van der Waals surface area contributed by atoms with Crippen LogP contribution in [0.4, 0.5) is 0 Å². The summed E-state index contributed by atoms with van der Waals surface area (Å²) in [5.41, 5.74) is -0.751. The molecule has 0 saturated carbocycles. The number of carbonyl (C=O) groups excluding carboxylic acids is 1. The highest BCUT2D eigenvalue weighted by Gasteiger charge is 2.20. The lowest BCUT2D eigenvalue weighted by Gasteiger charge is -2.08. The fraction of sp³-hybridized carbons (Fsp3) is 0.167. The van der Waals surface area contributed by atoms with E-state index in [0.717, 1.165) is 6.08 Å². The molecule has 0 aliphatic carbocycles. The van der Waals surface area contributed by atoms with Crippen LogP contribution in [0.2, 0.25) is 0 Å². The predicted molar refractivity (Wildman–Crippen MR) is 66.9 cm³/mol. The molecule has 1 aromatic rings. The number of hydrogen-bond donors (Lipinski definition) is 1. The van der Waals surface area contributed by atoms with E-state index < -0.39 is 22.6 Å². The maximum absolute atomic E-state index is 10.9. The van der Waals surface area contributed by atoms with E-state index in [1.54, 1.807) is 0 Å². The van der Waals surface area contributed by atoms with E-state index in [1.807, 2.05) is 0 Å². The average molecular weight is 281 g/mol. The van der Waals surface area contributed by atoms with Crippen LogP contribution in [0.25, 0.3) is 6.08 Å². The van der Waals surface area contributed by atoms with Gasteiger partial charge in [-0.2, -0.15) is 0 Å². The highest BCUT2D eigenvalue weighted by molar-refractivity contribution is 5.89. The highest BCUT2D eigenvalue weighted by Crippen LogP contribution is 2.29. The zero-order chi connectivity index (χ0) is 15.3. The first-order chi connectivity index (χ1) is 9.35. The molecule has 0 unspecified atom stereocenters. The molecule has 1 aromatic carbocycles. The summed E-state index contributed by atoms with van der Waals surface area (Å²) in [6.45, 7) is 1.21. The van der Waals surface area contributed by atoms with Crippen molar-refractivity contribution in [2.75, 3.05) is 7.11 Å². The van der Waals surface area contributed by atoms with Gasteiger partial charge >= 0.3 is 17.6 Å². The van der Waals surface area contributed by atoms with Gasteiger partial charge in [-0.3, -0.25) is 14.9 Å². The molecule has 0 atom stereocenters. The quantitative estimate of drug-likeness (QED) is 0.284. The van der Waals surface area contributed by atoms with E-state index in [0.29, 0.717) is 0 Å². The molecular weight excluding hydrogens is 270 g/mol. The molecule has 1 rings (SSSR count). The molecule has 0 aliphatic heterocycles. The summed E-state index contributed by atoms with van der Waals surface area (Å²) in [6, 6.07) is 4.05. The van der Waals surface area contributed by atoms with Gasteiger partial charge in [0.15, 0.2) is 11.5 Å². The van der Waals surface area contributed by atoms with Gasteiger partial charge in [-0.05, 0) is 17.7 Å². The number of carbonyl (C=O) groups is 2. The topological polar surface area (TPSA) is 116 Å². The molecule has 0 bridgehead atoms. The lowest BCUT2D eigenvalue weighted by molar-refractivity contribution is -0.419. The second-order valence-electron chi connectivity index (χ2n) is 3.60. The minimum absolute atomic E-state index is 0.134. The van der Waals surface area contributed by atoms with Crippen LogP contribution in [0.1, 0.15) is 12.5 Å². The molecule has 0 aliphatic rings. The summed E-state index contributed by atoms with van der Waals surface area (Å²) >= 11 is 0. The number of carboxylic acids is 1. The summed E-state index contributed by atoms with van der Waals surface area (Å²) < 4.78 is 9.82. The smallest absolute Gasteiger partial charge is 0.407 e. The zero-order valence-corrected chi connectivity index (χ0v) is 10.7. The number of ether oxygens (including phenoxy) is 2. The van der Waals surface area contributed by atoms with Crippen LogP contribution in [-0.2, 0) is 9.59 Å². The van der Waals surface area contributed by atoms with Crippen LogP contribution in [-0.4, -0.2) is 29.1 Å². The Morgan fingerprint density at radius 3 is 2.45 bits per heavy atom. The minimum Gasteiger partial charge on any atom is -0.493 e. The van der Waals surface area contributed by atoms with Gasteiger partial charge in [-0.1, -0.05) is 6.07 Å². The Bertz CT molecular complexity index is 575. The van der Waals surface area contributed by atoms with Crippen LogP contribution >= 0.6 is 0 Å². The second kappa shape index (κ2) is 6.32. The standard InChI is InChI=1S/C12H11NO7/c1-7(14)20-10-4-3-8(6-11(10)19-2)5-9(12(15)16)13(17)18/h3-6H,1-2H3,(H,15,16)/b9-5-. The van der Waals surface area contributed by atoms with Gasteiger partial charge in [-0.15, -0.1) is 0 Å². The number of rotatable bonds is 5. The number of nitrogens with zero attached hydrogens (tertiary/aromatic N) is 1. The number of esters is 1. The summed E-state index contributed by atoms with van der Waals surface area (Å²) in [6.07, 6.45) is 0.877. The van der Waals surface area contributed by atoms with Gasteiger partial charge in [0, 0.05) is 13.0 Å². The fourth-order valence-corrected chi connectivity index (χ4v) is 1.36. The Balaban J connectivity index is 3.21. The van der Waals surface area contributed by atoms with Crippen molar-refractivity contribution in [2.45, 2.75) is 6.92 Å². The summed E-state index contributed by atoms with van der Waals surface area (Å²) in [7, 11) is 1.32. The average Bonchev–Trinajstić information content (AvgIpc) is 2.35. The van der Waals surface area contributed by atoms with Crippen LogP contribution < -0.4 is 9.47 Å². The van der Waals surface area contributed by atoms with E-state index >= 15 is 0 Å². The molecule has 0 spiro atoms. The molecule has 106 valence electrons. The van der Waals surface area contributed by atoms with Crippen molar-refractivity contribution in [1.29, 1.82) is 0 Å². The first-order valence-corrected chi connectivity index (χ1v) is 5.31. The van der Waals surface area contributed by atoms with Crippen LogP contribution in [0.3, 0.4) is 0 Å². The number of carboxylic acid groups (broad SMARTS) is 1. The van der Waals surface area contributed by atoms with Crippen LogP contribution in [0, 0.1) is 10.1 Å². The molecule has 0 radical (unpaired) electrons. The van der Waals surface area contributed by atoms with E-state index in [9.17, 15) is 19.7 Å². The number of methoxy groups -OCH3 is 1. The van der Waals surface area contributed by atoms with Crippen molar-refractivity contribution >= 4 is 18.0 Å². The number of nitro groups is 1. The monoisotopic (exact) mass is 281 g/mol. The van der Waals surface area contributed by atoms with Crippen molar-refractivity contribution in [3.8, 4) is 11.5 Å². The Hall–Kier alpha value is -2.90. The molecule has 0 heterocycles. The van der Waals surface area contributed by atoms with E-state index in [2.05, 4.69) is 0 Å². The summed E-state index contributed by atoms with van der Waals surface area (Å²) in [4.78, 5) is 31.1. The third kappa shape index (κ3) is 3.80. The van der Waals surface area contributed by atoms with Crippen molar-refractivity contribution < 1.29 is 29.1 Å². The van der Waals surface area contributed by atoms with Crippen LogP contribution in [0.5, 0.6) is 11.5 Å². The van der Waals surface area contributed by atoms with Crippen molar-refractivity contribution in [1.82, 2.24) is 0 Å². The Kier molecular flexibility index (Phi) is 4.79. The molecular formula is C12H11NO7. The number of benzene rings is 1. The van der Waals surface area contributed by atoms with Gasteiger partial charge in [-0.25, -0.2) is 4.79 Å². The van der Waals surface area contributed by atoms with Gasteiger partial charge < -0.3 is 14.6 Å². The SMILES string of the molecule is COc1cc(/C=C(/C(=O)O)[N+](=O)[O-])ccc1OC(C)=O. The molecule has 0 fully saturated rings. The highest BCUT2D eigenvalue weighted by atomic mass is 16.6. The molecule has 0 aromatic heterocycles. The van der Waals surface area contributed by atoms with Gasteiger partial charge in [0.05, 0.1) is 12.0 Å². The minimum atomic E-state index is -1.65. The molecule has 0 amide bonds. The first-order valence-electron chi connectivity index (χ1n) is 5.31. The zero-order valence-electron chi connectivity index (χ0n) is 10.7. The lowest BCUT2D eigenvalue weighted by atomic mass is 10.1. The van der Waals surface area contributed by atoms with Crippen molar-refractivity contribution in [3.63, 3.8) is 0 Å². The Morgan fingerprint density at radius 1 is 1.35 bits per heavy atom. The van der Waals surface area contributed by atoms with Gasteiger partial charge in [0.1, 0.15) is 0 Å². The summed E-state index contributed by atoms with van der Waals surface area (Å²) in [5.74, 6) is -1.92. The first kappa shape index (κ1) is 15.2. The van der Waals surface area contributed by atoms with E-state index in [-0.39, 0.29) is 17.1 Å².